The molecule has 1 saturated heterocycles. The van der Waals surface area contributed by atoms with E-state index < -0.39 is 0 Å². The smallest absolute Gasteiger partial charge is 0.382 e. The van der Waals surface area contributed by atoms with Crippen molar-refractivity contribution >= 4 is 19.2 Å². The van der Waals surface area contributed by atoms with E-state index in [-0.39, 0.29) is 20.1 Å². The molecule has 1 fully saturated rings. The third kappa shape index (κ3) is 3.41. The van der Waals surface area contributed by atoms with Crippen molar-refractivity contribution < 1.29 is 20.1 Å². The Kier molecular flexibility index (Phi) is 5.56. The van der Waals surface area contributed by atoms with Gasteiger partial charge < -0.3 is 9.62 Å². The summed E-state index contributed by atoms with van der Waals surface area (Å²) in [6.45, 7) is 5.48. The molecular weight excluding hydrogens is 479 g/mol. The number of anilines is 2. The van der Waals surface area contributed by atoms with Gasteiger partial charge in [0.1, 0.15) is 23.8 Å². The Morgan fingerprint density at radius 2 is 1.33 bits per heavy atom. The maximum absolute atomic E-state index is 8.93. The molecule has 0 unspecified atom stereocenters. The number of hydrogen-bond acceptors (Lipinski definition) is 6. The molecule has 24 heavy (non-hydrogen) atoms. The molecule has 3 heterocycles. The molecule has 0 saturated carbocycles. The van der Waals surface area contributed by atoms with E-state index in [1.54, 1.807) is 12.4 Å². The van der Waals surface area contributed by atoms with Gasteiger partial charge in [-0.25, -0.2) is 9.97 Å². The first kappa shape index (κ1) is 17.9. The van der Waals surface area contributed by atoms with Gasteiger partial charge in [0.05, 0.1) is 11.1 Å². The second-order valence-electron chi connectivity index (χ2n) is 5.45. The van der Waals surface area contributed by atoms with Gasteiger partial charge in [0, 0.05) is 45.6 Å². The van der Waals surface area contributed by atoms with Crippen LogP contribution in [-0.2, 0) is 20.1 Å². The van der Waals surface area contributed by atoms with Crippen LogP contribution >= 0.6 is 0 Å². The molecule has 6 nitrogen and oxygen atoms in total. The third-order valence-electron chi connectivity index (χ3n) is 3.76. The molecule has 0 amide bonds. The number of aryl methyl sites for hydroxylation is 2. The molecule has 2 aromatic rings. The van der Waals surface area contributed by atoms with Crippen LogP contribution in [0.25, 0.3) is 0 Å². The Balaban J connectivity index is 0.00000208. The van der Waals surface area contributed by atoms with Crippen LogP contribution in [0.4, 0.5) is 11.6 Å². The van der Waals surface area contributed by atoms with Crippen LogP contribution < -0.4 is 9.62 Å². The molecule has 1 aliphatic rings. The summed E-state index contributed by atoms with van der Waals surface area (Å²) in [4.78, 5) is 12.9. The fourth-order valence-electron chi connectivity index (χ4n) is 2.68. The minimum atomic E-state index is 0. The zero-order valence-corrected chi connectivity index (χ0v) is 15.7. The van der Waals surface area contributed by atoms with Gasteiger partial charge in [0.25, 0.3) is 0 Å². The number of nitriles is 2. The molecule has 8 heteroatoms. The fraction of sp³-hybridized carbons (Fsp3) is 0.250. The van der Waals surface area contributed by atoms with E-state index in [0.29, 0.717) is 11.1 Å². The Hall–Kier alpha value is -2.41. The van der Waals surface area contributed by atoms with Crippen molar-refractivity contribution in [3.05, 3.63) is 46.8 Å². The van der Waals surface area contributed by atoms with Crippen LogP contribution in [0.1, 0.15) is 22.3 Å². The summed E-state index contributed by atoms with van der Waals surface area (Å²) in [6, 6.07) is 7.88. The number of pyridine rings is 2. The predicted molar refractivity (Wildman–Crippen MR) is 87.8 cm³/mol. The van der Waals surface area contributed by atoms with E-state index in [1.807, 2.05) is 33.5 Å². The predicted octanol–water partition coefficient (Wildman–Crippen LogP) is 1.70. The zero-order chi connectivity index (χ0) is 16.4. The SMILES string of the molecule is Cc1cc(C#N)cnc1N1[B]N(c2ncc(C#N)cc2C)CC1.[Ir]. The van der Waals surface area contributed by atoms with E-state index in [2.05, 4.69) is 31.7 Å². The number of aromatic nitrogens is 2. The van der Waals surface area contributed by atoms with E-state index in [9.17, 15) is 0 Å². The number of nitrogens with zero attached hydrogens (tertiary/aromatic N) is 6. The molecule has 0 aliphatic carbocycles. The van der Waals surface area contributed by atoms with Crippen molar-refractivity contribution in [3.63, 3.8) is 0 Å². The Bertz CT molecular complexity index is 772. The fourth-order valence-corrected chi connectivity index (χ4v) is 2.68. The van der Waals surface area contributed by atoms with Gasteiger partial charge in [0.2, 0.25) is 0 Å². The van der Waals surface area contributed by atoms with Crippen LogP contribution in [0.5, 0.6) is 0 Å². The monoisotopic (exact) mass is 494 g/mol. The summed E-state index contributed by atoms with van der Waals surface area (Å²) in [5.74, 6) is 1.69. The van der Waals surface area contributed by atoms with Crippen LogP contribution in [0.15, 0.2) is 24.5 Å². The molecule has 2 radical (unpaired) electrons. The topological polar surface area (TPSA) is 79.8 Å². The van der Waals surface area contributed by atoms with Crippen LogP contribution in [0, 0.1) is 36.5 Å². The Morgan fingerprint density at radius 1 is 0.917 bits per heavy atom. The standard InChI is InChI=1S/C16H14BN6.Ir/c1-11-5-13(7-18)9-20-15(11)22-3-4-23(17-22)16-12(2)6-14(8-19)10-21-16;/h5-6,9-10H,3-4H2,1-2H3;. The molecule has 0 aromatic carbocycles. The summed E-state index contributed by atoms with van der Waals surface area (Å²) in [5, 5.41) is 17.9. The largest absolute Gasteiger partial charge is 0.394 e. The maximum atomic E-state index is 8.93. The molecule has 0 spiro atoms. The molecule has 1 aliphatic heterocycles. The van der Waals surface area contributed by atoms with Crippen molar-refractivity contribution in [1.29, 1.82) is 10.5 Å². The average Bonchev–Trinajstić information content (AvgIpc) is 3.03. The van der Waals surface area contributed by atoms with E-state index in [1.165, 1.54) is 0 Å². The van der Waals surface area contributed by atoms with Crippen molar-refractivity contribution in [2.24, 2.45) is 0 Å². The van der Waals surface area contributed by atoms with E-state index in [0.717, 1.165) is 35.9 Å². The first-order valence-electron chi connectivity index (χ1n) is 7.24. The summed E-state index contributed by atoms with van der Waals surface area (Å²) in [7, 11) is 1.97. The van der Waals surface area contributed by atoms with Crippen molar-refractivity contribution in [2.45, 2.75) is 13.8 Å². The van der Waals surface area contributed by atoms with Gasteiger partial charge >= 0.3 is 7.55 Å². The van der Waals surface area contributed by atoms with Crippen molar-refractivity contribution in [2.75, 3.05) is 22.7 Å². The quantitative estimate of drug-likeness (QED) is 0.593. The molecule has 0 atom stereocenters. The maximum Gasteiger partial charge on any atom is 0.394 e. The van der Waals surface area contributed by atoms with Crippen LogP contribution in [0.2, 0.25) is 0 Å². The van der Waals surface area contributed by atoms with Crippen LogP contribution in [0.3, 0.4) is 0 Å². The van der Waals surface area contributed by atoms with Gasteiger partial charge in [-0.05, 0) is 37.1 Å². The molecule has 2 aromatic heterocycles. The zero-order valence-electron chi connectivity index (χ0n) is 13.3. The summed E-state index contributed by atoms with van der Waals surface area (Å²) in [6.07, 6.45) is 3.17. The first-order valence-corrected chi connectivity index (χ1v) is 7.24. The second kappa shape index (κ2) is 7.44. The third-order valence-corrected chi connectivity index (χ3v) is 3.76. The van der Waals surface area contributed by atoms with Crippen LogP contribution in [-0.4, -0.2) is 30.6 Å². The molecular formula is C16H14BIrN6. The minimum absolute atomic E-state index is 0. The molecule has 0 bridgehead atoms. The summed E-state index contributed by atoms with van der Waals surface area (Å²) >= 11 is 0. The van der Waals surface area contributed by atoms with E-state index in [4.69, 9.17) is 10.5 Å². The first-order chi connectivity index (χ1) is 11.1. The van der Waals surface area contributed by atoms with Gasteiger partial charge in [-0.2, -0.15) is 10.5 Å². The Labute approximate surface area is 155 Å². The van der Waals surface area contributed by atoms with Gasteiger partial charge in [0.15, 0.2) is 0 Å². The van der Waals surface area contributed by atoms with Crippen molar-refractivity contribution in [1.82, 2.24) is 9.97 Å². The summed E-state index contributed by atoms with van der Waals surface area (Å²) < 4.78 is 0. The molecule has 0 N–H and O–H groups in total. The van der Waals surface area contributed by atoms with Crippen molar-refractivity contribution in [3.8, 4) is 12.1 Å². The van der Waals surface area contributed by atoms with Gasteiger partial charge in [-0.3, -0.25) is 0 Å². The van der Waals surface area contributed by atoms with Gasteiger partial charge in [-0.15, -0.1) is 0 Å². The van der Waals surface area contributed by atoms with Gasteiger partial charge in [-0.1, -0.05) is 0 Å². The average molecular weight is 493 g/mol. The minimum Gasteiger partial charge on any atom is -0.382 e. The normalized spacial score (nSPS) is 12.8. The molecule has 3 rings (SSSR count). The second-order valence-corrected chi connectivity index (χ2v) is 5.45. The summed E-state index contributed by atoms with van der Waals surface area (Å²) in [5.41, 5.74) is 3.05. The number of hydrogen-bond donors (Lipinski definition) is 0. The number of rotatable bonds is 2. The van der Waals surface area contributed by atoms with E-state index >= 15 is 0 Å². The Morgan fingerprint density at radius 3 is 1.67 bits per heavy atom. The molecule has 120 valence electrons.